The van der Waals surface area contributed by atoms with Crippen molar-refractivity contribution in [2.24, 2.45) is 0 Å². The second kappa shape index (κ2) is 7.38. The van der Waals surface area contributed by atoms with E-state index >= 15 is 0 Å². The summed E-state index contributed by atoms with van der Waals surface area (Å²) in [6.45, 7) is -0.190. The van der Waals surface area contributed by atoms with Crippen molar-refractivity contribution < 1.29 is 13.9 Å². The summed E-state index contributed by atoms with van der Waals surface area (Å²) in [5, 5.41) is 5.80. The van der Waals surface area contributed by atoms with Crippen molar-refractivity contribution in [3.8, 4) is 17.0 Å². The molecule has 8 heteroatoms. The SMILES string of the molecule is O=C(COc1ccc2ccc(=O)oc2c1)Nc1nc(-c2cccnc2)cs1. The molecular weight excluding hydrogens is 366 g/mol. The van der Waals surface area contributed by atoms with Crippen LogP contribution in [0, 0.1) is 0 Å². The van der Waals surface area contributed by atoms with Gasteiger partial charge in [-0.25, -0.2) is 9.78 Å². The summed E-state index contributed by atoms with van der Waals surface area (Å²) in [6, 6.07) is 11.8. The van der Waals surface area contributed by atoms with Crippen molar-refractivity contribution in [2.75, 3.05) is 11.9 Å². The van der Waals surface area contributed by atoms with E-state index in [1.807, 2.05) is 17.5 Å². The maximum atomic E-state index is 12.1. The fourth-order valence-corrected chi connectivity index (χ4v) is 3.15. The molecule has 4 rings (SSSR count). The number of fused-ring (bicyclic) bond motifs is 1. The van der Waals surface area contributed by atoms with E-state index in [0.717, 1.165) is 16.6 Å². The highest BCUT2D eigenvalue weighted by molar-refractivity contribution is 7.14. The highest BCUT2D eigenvalue weighted by Gasteiger charge is 2.09. The summed E-state index contributed by atoms with van der Waals surface area (Å²) in [7, 11) is 0. The minimum Gasteiger partial charge on any atom is -0.484 e. The zero-order chi connectivity index (χ0) is 18.6. The van der Waals surface area contributed by atoms with Crippen LogP contribution >= 0.6 is 11.3 Å². The summed E-state index contributed by atoms with van der Waals surface area (Å²) in [5.41, 5.74) is 1.59. The highest BCUT2D eigenvalue weighted by Crippen LogP contribution is 2.24. The molecule has 0 saturated heterocycles. The number of amides is 1. The van der Waals surface area contributed by atoms with E-state index in [2.05, 4.69) is 15.3 Å². The van der Waals surface area contributed by atoms with E-state index in [4.69, 9.17) is 9.15 Å². The predicted octanol–water partition coefficient (Wildman–Crippen LogP) is 3.33. The molecule has 0 fully saturated rings. The van der Waals surface area contributed by atoms with Gasteiger partial charge in [0.05, 0.1) is 5.69 Å². The van der Waals surface area contributed by atoms with Crippen LogP contribution in [0.5, 0.6) is 5.75 Å². The molecule has 0 unspecified atom stereocenters. The first-order valence-electron chi connectivity index (χ1n) is 8.00. The topological polar surface area (TPSA) is 94.3 Å². The van der Waals surface area contributed by atoms with Crippen LogP contribution in [-0.2, 0) is 4.79 Å². The number of benzene rings is 1. The summed E-state index contributed by atoms with van der Waals surface area (Å²) < 4.78 is 10.6. The van der Waals surface area contributed by atoms with Crippen LogP contribution in [0.1, 0.15) is 0 Å². The largest absolute Gasteiger partial charge is 0.484 e. The van der Waals surface area contributed by atoms with Crippen molar-refractivity contribution in [1.82, 2.24) is 9.97 Å². The van der Waals surface area contributed by atoms with Crippen molar-refractivity contribution >= 4 is 33.3 Å². The number of nitrogens with zero attached hydrogens (tertiary/aromatic N) is 2. The molecule has 0 aliphatic carbocycles. The molecule has 0 atom stereocenters. The molecule has 3 heterocycles. The van der Waals surface area contributed by atoms with Gasteiger partial charge in [0.1, 0.15) is 11.3 Å². The maximum absolute atomic E-state index is 12.1. The zero-order valence-corrected chi connectivity index (χ0v) is 14.7. The number of thiazole rings is 1. The van der Waals surface area contributed by atoms with Gasteiger partial charge in [0.15, 0.2) is 11.7 Å². The number of carbonyl (C=O) groups is 1. The van der Waals surface area contributed by atoms with Crippen LogP contribution in [0.15, 0.2) is 69.5 Å². The van der Waals surface area contributed by atoms with Crippen molar-refractivity contribution in [1.29, 1.82) is 0 Å². The summed E-state index contributed by atoms with van der Waals surface area (Å²) >= 11 is 1.32. The first kappa shape index (κ1) is 16.9. The van der Waals surface area contributed by atoms with Gasteiger partial charge in [-0.1, -0.05) is 0 Å². The molecule has 1 aromatic carbocycles. The molecule has 0 aliphatic rings. The van der Waals surface area contributed by atoms with Gasteiger partial charge in [0.2, 0.25) is 0 Å². The molecule has 0 saturated carbocycles. The van der Waals surface area contributed by atoms with Gasteiger partial charge in [0, 0.05) is 40.9 Å². The Hall–Kier alpha value is -3.52. The number of pyridine rings is 1. The van der Waals surface area contributed by atoms with E-state index in [1.54, 1.807) is 36.7 Å². The number of hydrogen-bond acceptors (Lipinski definition) is 7. The number of nitrogens with one attached hydrogen (secondary N) is 1. The number of ether oxygens (including phenoxy) is 1. The van der Waals surface area contributed by atoms with E-state index in [0.29, 0.717) is 16.5 Å². The van der Waals surface area contributed by atoms with Gasteiger partial charge >= 0.3 is 5.63 Å². The van der Waals surface area contributed by atoms with E-state index in [9.17, 15) is 9.59 Å². The zero-order valence-electron chi connectivity index (χ0n) is 13.9. The Morgan fingerprint density at radius 3 is 2.96 bits per heavy atom. The molecule has 0 aliphatic heterocycles. The molecule has 1 amide bonds. The second-order valence-electron chi connectivity index (χ2n) is 5.57. The molecular formula is C19H13N3O4S. The number of anilines is 1. The summed E-state index contributed by atoms with van der Waals surface area (Å²) in [5.74, 6) is 0.0962. The maximum Gasteiger partial charge on any atom is 0.336 e. The second-order valence-corrected chi connectivity index (χ2v) is 6.43. The first-order valence-corrected chi connectivity index (χ1v) is 8.88. The smallest absolute Gasteiger partial charge is 0.336 e. The monoisotopic (exact) mass is 379 g/mol. The van der Waals surface area contributed by atoms with Gasteiger partial charge in [0.25, 0.3) is 5.91 Å². The number of rotatable bonds is 5. The lowest BCUT2D eigenvalue weighted by molar-refractivity contribution is -0.118. The lowest BCUT2D eigenvalue weighted by Gasteiger charge is -2.06. The van der Waals surface area contributed by atoms with E-state index in [-0.39, 0.29) is 12.5 Å². The standard InChI is InChI=1S/C19H13N3O4S/c23-17(22-19-21-15(11-27-19)13-2-1-7-20-9-13)10-25-14-5-3-12-4-6-18(24)26-16(12)8-14/h1-9,11H,10H2,(H,21,22,23). The number of aromatic nitrogens is 2. The number of carbonyl (C=O) groups excluding carboxylic acids is 1. The normalized spacial score (nSPS) is 10.7. The highest BCUT2D eigenvalue weighted by atomic mass is 32.1. The fourth-order valence-electron chi connectivity index (χ4n) is 2.41. The van der Waals surface area contributed by atoms with Gasteiger partial charge in [-0.15, -0.1) is 11.3 Å². The minimum atomic E-state index is -0.439. The molecule has 1 N–H and O–H groups in total. The van der Waals surface area contributed by atoms with Crippen molar-refractivity contribution in [2.45, 2.75) is 0 Å². The van der Waals surface area contributed by atoms with E-state index < -0.39 is 5.63 Å². The van der Waals surface area contributed by atoms with Crippen LogP contribution in [0.3, 0.4) is 0 Å². The molecule has 134 valence electrons. The van der Waals surface area contributed by atoms with Crippen LogP contribution in [-0.4, -0.2) is 22.5 Å². The summed E-state index contributed by atoms with van der Waals surface area (Å²) in [4.78, 5) is 31.8. The minimum absolute atomic E-state index is 0.190. The summed E-state index contributed by atoms with van der Waals surface area (Å²) in [6.07, 6.45) is 3.40. The van der Waals surface area contributed by atoms with Gasteiger partial charge in [-0.3, -0.25) is 15.1 Å². The first-order chi connectivity index (χ1) is 13.2. The van der Waals surface area contributed by atoms with Crippen LogP contribution in [0.2, 0.25) is 0 Å². The lowest BCUT2D eigenvalue weighted by atomic mass is 10.2. The molecule has 0 spiro atoms. The van der Waals surface area contributed by atoms with Gasteiger partial charge in [-0.05, 0) is 30.3 Å². The van der Waals surface area contributed by atoms with Crippen LogP contribution < -0.4 is 15.7 Å². The third-order valence-corrected chi connectivity index (χ3v) is 4.43. The molecule has 0 radical (unpaired) electrons. The average Bonchev–Trinajstić information content (AvgIpc) is 3.15. The number of hydrogen-bond donors (Lipinski definition) is 1. The molecule has 7 nitrogen and oxygen atoms in total. The Bertz CT molecular complexity index is 1150. The molecule has 3 aromatic heterocycles. The Kier molecular flexibility index (Phi) is 4.63. The lowest BCUT2D eigenvalue weighted by Crippen LogP contribution is -2.20. The van der Waals surface area contributed by atoms with Crippen LogP contribution in [0.4, 0.5) is 5.13 Å². The third-order valence-electron chi connectivity index (χ3n) is 3.67. The average molecular weight is 379 g/mol. The van der Waals surface area contributed by atoms with E-state index in [1.165, 1.54) is 17.4 Å². The molecule has 0 bridgehead atoms. The predicted molar refractivity (Wildman–Crippen MR) is 102 cm³/mol. The Balaban J connectivity index is 1.39. The van der Waals surface area contributed by atoms with Crippen molar-refractivity contribution in [3.63, 3.8) is 0 Å². The van der Waals surface area contributed by atoms with Gasteiger partial charge < -0.3 is 9.15 Å². The Morgan fingerprint density at radius 2 is 2.11 bits per heavy atom. The fraction of sp³-hybridized carbons (Fsp3) is 0.0526. The Labute approximate surface area is 157 Å². The van der Waals surface area contributed by atoms with Gasteiger partial charge in [-0.2, -0.15) is 0 Å². The quantitative estimate of drug-likeness (QED) is 0.535. The Morgan fingerprint density at radius 1 is 1.22 bits per heavy atom. The molecule has 27 heavy (non-hydrogen) atoms. The van der Waals surface area contributed by atoms with Crippen molar-refractivity contribution in [3.05, 3.63) is 70.7 Å². The molecule has 4 aromatic rings. The third kappa shape index (κ3) is 4.01. The van der Waals surface area contributed by atoms with Crippen LogP contribution in [0.25, 0.3) is 22.2 Å².